The topological polar surface area (TPSA) is 156 Å². The number of aliphatic hydroxyl groups excluding tert-OH is 4. The number of unbranched alkanes of at least 4 members (excludes halogenated alkanes) is 2. The van der Waals surface area contributed by atoms with Gasteiger partial charge in [0.15, 0.2) is 12.2 Å². The van der Waals surface area contributed by atoms with Crippen LogP contribution in [0.1, 0.15) is 39.5 Å². The first-order valence-corrected chi connectivity index (χ1v) is 6.33. The summed E-state index contributed by atoms with van der Waals surface area (Å²) in [6.07, 6.45) is -0.456. The molecule has 0 aromatic carbocycles. The lowest BCUT2D eigenvalue weighted by atomic mass is 10.2. The van der Waals surface area contributed by atoms with E-state index in [9.17, 15) is 9.59 Å². The Morgan fingerprint density at radius 3 is 1.10 bits per heavy atom. The zero-order valence-electron chi connectivity index (χ0n) is 11.9. The molecule has 2 unspecified atom stereocenters. The molecule has 0 amide bonds. The molecule has 0 saturated carbocycles. The molecule has 0 aliphatic rings. The van der Waals surface area contributed by atoms with Gasteiger partial charge in [-0.1, -0.05) is 26.7 Å². The van der Waals surface area contributed by atoms with E-state index in [4.69, 9.17) is 30.6 Å². The fraction of sp³-hybridized carbons (Fsp3) is 0.833. The van der Waals surface area contributed by atoms with E-state index in [1.807, 2.05) is 0 Å². The van der Waals surface area contributed by atoms with Crippen molar-refractivity contribution >= 4 is 11.9 Å². The number of carbonyl (C=O) groups is 2. The van der Waals surface area contributed by atoms with Crippen molar-refractivity contribution in [3.05, 3.63) is 0 Å². The van der Waals surface area contributed by atoms with Gasteiger partial charge in [0.25, 0.3) is 0 Å². The Bertz CT molecular complexity index is 203. The Labute approximate surface area is 118 Å². The normalized spacial score (nSPS) is 12.1. The van der Waals surface area contributed by atoms with Crippen molar-refractivity contribution < 1.29 is 40.2 Å². The Hall–Kier alpha value is -1.22. The first kappa shape index (κ1) is 23.8. The molecule has 6 N–H and O–H groups in total. The lowest BCUT2D eigenvalue weighted by molar-refractivity contribution is -0.165. The van der Waals surface area contributed by atoms with Crippen molar-refractivity contribution in [1.29, 1.82) is 0 Å². The number of rotatable bonds is 7. The van der Waals surface area contributed by atoms with E-state index in [0.29, 0.717) is 13.2 Å². The summed E-state index contributed by atoms with van der Waals surface area (Å²) in [7, 11) is 0. The van der Waals surface area contributed by atoms with Gasteiger partial charge in [-0.15, -0.1) is 0 Å². The molecule has 0 aromatic heterocycles. The molecule has 122 valence electrons. The van der Waals surface area contributed by atoms with E-state index < -0.39 is 24.1 Å². The Morgan fingerprint density at radius 1 is 0.800 bits per heavy atom. The quantitative estimate of drug-likeness (QED) is 0.365. The second-order valence-electron chi connectivity index (χ2n) is 3.72. The third-order valence-corrected chi connectivity index (χ3v) is 1.83. The molecule has 0 heterocycles. The van der Waals surface area contributed by atoms with Gasteiger partial charge in [-0.25, -0.2) is 9.59 Å². The van der Waals surface area contributed by atoms with Crippen LogP contribution >= 0.6 is 0 Å². The van der Waals surface area contributed by atoms with E-state index in [1.165, 1.54) is 0 Å². The monoisotopic (exact) mass is 298 g/mol. The lowest BCUT2D eigenvalue weighted by Gasteiger charge is -2.07. The summed E-state index contributed by atoms with van der Waals surface area (Å²) >= 11 is 0. The fourth-order valence-corrected chi connectivity index (χ4v) is 0.586. The van der Waals surface area contributed by atoms with Crippen LogP contribution in [0.3, 0.4) is 0 Å². The number of carboxylic acids is 2. The van der Waals surface area contributed by atoms with Crippen molar-refractivity contribution in [3.63, 3.8) is 0 Å². The summed E-state index contributed by atoms with van der Waals surface area (Å²) in [5, 5.41) is 48.7. The molecule has 0 bridgehead atoms. The number of hydrogen-bond donors (Lipinski definition) is 6. The van der Waals surface area contributed by atoms with Gasteiger partial charge in [-0.3, -0.25) is 0 Å². The molecule has 20 heavy (non-hydrogen) atoms. The Kier molecular flexibility index (Phi) is 21.2. The molecule has 8 heteroatoms. The first-order chi connectivity index (χ1) is 9.29. The minimum atomic E-state index is -2.27. The van der Waals surface area contributed by atoms with Crippen LogP contribution < -0.4 is 0 Å². The summed E-state index contributed by atoms with van der Waals surface area (Å²) in [5.41, 5.74) is 0. The van der Waals surface area contributed by atoms with E-state index >= 15 is 0 Å². The van der Waals surface area contributed by atoms with Crippen LogP contribution in [-0.2, 0) is 9.59 Å². The van der Waals surface area contributed by atoms with Gasteiger partial charge in [0.2, 0.25) is 0 Å². The molecule has 0 spiro atoms. The molecule has 0 aliphatic heterocycles. The highest BCUT2D eigenvalue weighted by Gasteiger charge is 2.29. The molecule has 2 atom stereocenters. The van der Waals surface area contributed by atoms with Gasteiger partial charge in [-0.05, 0) is 12.8 Å². The third-order valence-electron chi connectivity index (χ3n) is 1.83. The van der Waals surface area contributed by atoms with E-state index in [-0.39, 0.29) is 0 Å². The highest BCUT2D eigenvalue weighted by molar-refractivity contribution is 5.83. The maximum Gasteiger partial charge on any atom is 0.335 e. The van der Waals surface area contributed by atoms with Gasteiger partial charge < -0.3 is 30.6 Å². The first-order valence-electron chi connectivity index (χ1n) is 6.33. The maximum absolute atomic E-state index is 9.77. The van der Waals surface area contributed by atoms with Crippen LogP contribution in [0.15, 0.2) is 0 Å². The predicted molar refractivity (Wildman–Crippen MR) is 71.3 cm³/mol. The zero-order valence-corrected chi connectivity index (χ0v) is 11.9. The average Bonchev–Trinajstić information content (AvgIpc) is 2.40. The third kappa shape index (κ3) is 19.1. The lowest BCUT2D eigenvalue weighted by Crippen LogP contribution is -2.39. The van der Waals surface area contributed by atoms with Crippen LogP contribution in [0.25, 0.3) is 0 Å². The largest absolute Gasteiger partial charge is 0.479 e. The van der Waals surface area contributed by atoms with Crippen molar-refractivity contribution in [2.45, 2.75) is 51.7 Å². The maximum atomic E-state index is 9.77. The average molecular weight is 298 g/mol. The van der Waals surface area contributed by atoms with Gasteiger partial charge in [0.1, 0.15) is 0 Å². The SMILES string of the molecule is CCCCO.CCCCO.O=C(O)C(O)C(O)C(=O)O. The van der Waals surface area contributed by atoms with Gasteiger partial charge >= 0.3 is 11.9 Å². The molecule has 0 fully saturated rings. The van der Waals surface area contributed by atoms with Crippen molar-refractivity contribution in [2.75, 3.05) is 13.2 Å². The smallest absolute Gasteiger partial charge is 0.335 e. The zero-order chi connectivity index (χ0) is 16.6. The van der Waals surface area contributed by atoms with Gasteiger partial charge in [0.05, 0.1) is 0 Å². The van der Waals surface area contributed by atoms with Crippen LogP contribution in [0.4, 0.5) is 0 Å². The molecule has 0 radical (unpaired) electrons. The summed E-state index contributed by atoms with van der Waals surface area (Å²) in [6, 6.07) is 0. The van der Waals surface area contributed by atoms with Crippen LogP contribution in [0.5, 0.6) is 0 Å². The summed E-state index contributed by atoms with van der Waals surface area (Å²) in [6.45, 7) is 4.79. The summed E-state index contributed by atoms with van der Waals surface area (Å²) in [5.74, 6) is -3.54. The van der Waals surface area contributed by atoms with E-state index in [2.05, 4.69) is 13.8 Å². The standard InChI is InChI=1S/C4H6O6.2C4H10O/c5-1(3(7)8)2(6)4(9)10;2*1-2-3-4-5/h1-2,5-6H,(H,7,8)(H,9,10);2*5H,2-4H2,1H3. The summed E-state index contributed by atoms with van der Waals surface area (Å²) < 4.78 is 0. The Balaban J connectivity index is -0.000000244. The Morgan fingerprint density at radius 2 is 1.05 bits per heavy atom. The van der Waals surface area contributed by atoms with Crippen molar-refractivity contribution in [3.8, 4) is 0 Å². The molecule has 0 aliphatic carbocycles. The molecular weight excluding hydrogens is 272 g/mol. The molecule has 0 rings (SSSR count). The second-order valence-corrected chi connectivity index (χ2v) is 3.72. The van der Waals surface area contributed by atoms with Crippen LogP contribution in [0, 0.1) is 0 Å². The van der Waals surface area contributed by atoms with Crippen LogP contribution in [-0.4, -0.2) is 68.0 Å². The number of carboxylic acid groups (broad SMARTS) is 2. The predicted octanol–water partition coefficient (Wildman–Crippen LogP) is -0.565. The fourth-order valence-electron chi connectivity index (χ4n) is 0.586. The van der Waals surface area contributed by atoms with Crippen molar-refractivity contribution in [2.24, 2.45) is 0 Å². The van der Waals surface area contributed by atoms with Crippen LogP contribution in [0.2, 0.25) is 0 Å². The molecule has 8 nitrogen and oxygen atoms in total. The van der Waals surface area contributed by atoms with Crippen molar-refractivity contribution in [1.82, 2.24) is 0 Å². The number of aliphatic carboxylic acids is 2. The highest BCUT2D eigenvalue weighted by atomic mass is 16.4. The van der Waals surface area contributed by atoms with E-state index in [0.717, 1.165) is 25.7 Å². The molecular formula is C12H26O8. The number of hydrogen-bond acceptors (Lipinski definition) is 6. The van der Waals surface area contributed by atoms with Gasteiger partial charge in [-0.2, -0.15) is 0 Å². The van der Waals surface area contributed by atoms with E-state index in [1.54, 1.807) is 0 Å². The second kappa shape index (κ2) is 17.8. The summed E-state index contributed by atoms with van der Waals surface area (Å²) in [4.78, 5) is 19.5. The highest BCUT2D eigenvalue weighted by Crippen LogP contribution is 1.92. The van der Waals surface area contributed by atoms with Gasteiger partial charge in [0, 0.05) is 13.2 Å². The molecule has 0 aromatic rings. The minimum absolute atomic E-state index is 0.344. The molecule has 0 saturated heterocycles. The minimum Gasteiger partial charge on any atom is -0.479 e. The number of aliphatic hydroxyl groups is 4.